The number of hydrogen-bond acceptors (Lipinski definition) is 2. The average molecular weight is 192 g/mol. The van der Waals surface area contributed by atoms with Gasteiger partial charge >= 0.3 is 5.97 Å². The van der Waals surface area contributed by atoms with Crippen molar-refractivity contribution in [3.8, 4) is 0 Å². The number of allylic oxidation sites excluding steroid dienone is 2. The van der Waals surface area contributed by atoms with Crippen LogP contribution in [0.15, 0.2) is 12.2 Å². The summed E-state index contributed by atoms with van der Waals surface area (Å²) in [5, 5.41) is 0. The Balaban J connectivity index is 2.19. The van der Waals surface area contributed by atoms with Crippen LogP contribution in [0.1, 0.15) is 26.7 Å². The zero-order valence-electron chi connectivity index (χ0n) is 8.75. The van der Waals surface area contributed by atoms with Crippen molar-refractivity contribution in [2.45, 2.75) is 26.7 Å². The Labute approximate surface area is 84.3 Å². The van der Waals surface area contributed by atoms with Crippen molar-refractivity contribution in [3.05, 3.63) is 12.2 Å². The van der Waals surface area contributed by atoms with Gasteiger partial charge < -0.3 is 4.74 Å². The minimum absolute atomic E-state index is 0.0550. The first-order valence-electron chi connectivity index (χ1n) is 5.50. The van der Waals surface area contributed by atoms with E-state index in [4.69, 9.17) is 4.74 Å². The molecule has 4 atom stereocenters. The molecule has 1 aliphatic heterocycles. The maximum Gasteiger partial charge on any atom is 0.313 e. The fraction of sp³-hybridized carbons (Fsp3) is 0.750. The lowest BCUT2D eigenvalue weighted by atomic mass is 9.59. The molecule has 1 heterocycles. The van der Waals surface area contributed by atoms with Gasteiger partial charge in [0.25, 0.3) is 0 Å². The normalized spacial score (nSPS) is 53.7. The monoisotopic (exact) mass is 192 g/mol. The molecular weight excluding hydrogens is 176 g/mol. The van der Waals surface area contributed by atoms with Gasteiger partial charge in [0.15, 0.2) is 0 Å². The second kappa shape index (κ2) is 2.23. The van der Waals surface area contributed by atoms with Crippen molar-refractivity contribution in [1.82, 2.24) is 0 Å². The Bertz CT molecular complexity index is 333. The van der Waals surface area contributed by atoms with Gasteiger partial charge in [-0.25, -0.2) is 0 Å². The number of carbonyl (C=O) groups is 1. The lowest BCUT2D eigenvalue weighted by molar-refractivity contribution is -0.148. The Morgan fingerprint density at radius 1 is 1.50 bits per heavy atom. The first-order valence-corrected chi connectivity index (χ1v) is 5.50. The molecule has 2 fully saturated rings. The van der Waals surface area contributed by atoms with Gasteiger partial charge in [-0.2, -0.15) is 0 Å². The van der Waals surface area contributed by atoms with Crippen LogP contribution in [0.3, 0.4) is 0 Å². The minimum atomic E-state index is -0.188. The summed E-state index contributed by atoms with van der Waals surface area (Å²) < 4.78 is 5.32. The van der Waals surface area contributed by atoms with E-state index in [0.29, 0.717) is 18.4 Å². The predicted octanol–water partition coefficient (Wildman–Crippen LogP) is 2.15. The van der Waals surface area contributed by atoms with E-state index in [2.05, 4.69) is 26.0 Å². The molecule has 0 aromatic heterocycles. The third-order valence-electron chi connectivity index (χ3n) is 4.98. The fourth-order valence-corrected chi connectivity index (χ4v) is 4.07. The quantitative estimate of drug-likeness (QED) is 0.470. The molecule has 2 heteroatoms. The lowest BCUT2D eigenvalue weighted by Gasteiger charge is -2.39. The van der Waals surface area contributed by atoms with Crippen LogP contribution in [0.4, 0.5) is 0 Å². The predicted molar refractivity (Wildman–Crippen MR) is 52.5 cm³/mol. The molecule has 2 bridgehead atoms. The van der Waals surface area contributed by atoms with Crippen LogP contribution >= 0.6 is 0 Å². The Morgan fingerprint density at radius 2 is 2.21 bits per heavy atom. The van der Waals surface area contributed by atoms with Gasteiger partial charge in [-0.15, -0.1) is 0 Å². The van der Waals surface area contributed by atoms with Crippen LogP contribution < -0.4 is 0 Å². The molecule has 0 aromatic rings. The van der Waals surface area contributed by atoms with Crippen molar-refractivity contribution in [1.29, 1.82) is 0 Å². The van der Waals surface area contributed by atoms with Gasteiger partial charge in [-0.05, 0) is 24.7 Å². The van der Waals surface area contributed by atoms with Crippen LogP contribution in [0.2, 0.25) is 0 Å². The highest BCUT2D eigenvalue weighted by molar-refractivity contribution is 5.82. The second-order valence-corrected chi connectivity index (χ2v) is 5.15. The molecule has 0 aromatic carbocycles. The highest BCUT2D eigenvalue weighted by atomic mass is 16.5. The Kier molecular flexibility index (Phi) is 1.36. The summed E-state index contributed by atoms with van der Waals surface area (Å²) in [4.78, 5) is 11.9. The van der Waals surface area contributed by atoms with E-state index >= 15 is 0 Å². The van der Waals surface area contributed by atoms with Gasteiger partial charge in [-0.1, -0.05) is 26.0 Å². The van der Waals surface area contributed by atoms with E-state index in [0.717, 1.165) is 6.42 Å². The molecule has 2 nitrogen and oxygen atoms in total. The summed E-state index contributed by atoms with van der Waals surface area (Å²) >= 11 is 0. The summed E-state index contributed by atoms with van der Waals surface area (Å²) in [5.41, 5.74) is -0.106. The maximum absolute atomic E-state index is 11.9. The van der Waals surface area contributed by atoms with Crippen LogP contribution in [0.25, 0.3) is 0 Å². The summed E-state index contributed by atoms with van der Waals surface area (Å²) in [6, 6.07) is 0. The molecule has 2 aliphatic carbocycles. The van der Waals surface area contributed by atoms with E-state index in [1.807, 2.05) is 0 Å². The molecule has 3 aliphatic rings. The fourth-order valence-electron chi connectivity index (χ4n) is 4.07. The SMILES string of the molecule is CCC12C(=O)OCC1(C)C1C=CC2C1. The van der Waals surface area contributed by atoms with E-state index in [1.165, 1.54) is 6.42 Å². The van der Waals surface area contributed by atoms with Crippen molar-refractivity contribution in [2.24, 2.45) is 22.7 Å². The van der Waals surface area contributed by atoms with Crippen molar-refractivity contribution in [2.75, 3.05) is 6.61 Å². The molecule has 14 heavy (non-hydrogen) atoms. The summed E-state index contributed by atoms with van der Waals surface area (Å²) in [6.45, 7) is 4.99. The van der Waals surface area contributed by atoms with Crippen molar-refractivity contribution < 1.29 is 9.53 Å². The molecule has 4 unspecified atom stereocenters. The number of hydrogen-bond donors (Lipinski definition) is 0. The van der Waals surface area contributed by atoms with Gasteiger partial charge in [-0.3, -0.25) is 4.79 Å². The van der Waals surface area contributed by atoms with Gasteiger partial charge in [0.05, 0.1) is 12.0 Å². The standard InChI is InChI=1S/C12H16O2/c1-3-12-9-5-4-8(6-9)11(12,2)7-14-10(12)13/h4-5,8-9H,3,6-7H2,1-2H3. The average Bonchev–Trinajstić information content (AvgIpc) is 2.78. The van der Waals surface area contributed by atoms with Crippen LogP contribution in [-0.4, -0.2) is 12.6 Å². The van der Waals surface area contributed by atoms with Crippen LogP contribution in [0, 0.1) is 22.7 Å². The van der Waals surface area contributed by atoms with Crippen molar-refractivity contribution in [3.63, 3.8) is 0 Å². The van der Waals surface area contributed by atoms with Crippen LogP contribution in [-0.2, 0) is 9.53 Å². The smallest absolute Gasteiger partial charge is 0.313 e. The van der Waals surface area contributed by atoms with E-state index in [1.54, 1.807) is 0 Å². The number of rotatable bonds is 1. The lowest BCUT2D eigenvalue weighted by Crippen LogP contribution is -2.43. The molecular formula is C12H16O2. The number of cyclic esters (lactones) is 1. The Hall–Kier alpha value is -0.790. The second-order valence-electron chi connectivity index (χ2n) is 5.15. The minimum Gasteiger partial charge on any atom is -0.465 e. The highest BCUT2D eigenvalue weighted by Crippen LogP contribution is 2.68. The van der Waals surface area contributed by atoms with Gasteiger partial charge in [0.2, 0.25) is 0 Å². The first kappa shape index (κ1) is 8.51. The zero-order chi connectivity index (χ0) is 9.97. The van der Waals surface area contributed by atoms with Crippen molar-refractivity contribution >= 4 is 5.97 Å². The third kappa shape index (κ3) is 0.598. The summed E-state index contributed by atoms with van der Waals surface area (Å²) in [7, 11) is 0. The molecule has 1 saturated heterocycles. The highest BCUT2D eigenvalue weighted by Gasteiger charge is 2.70. The van der Waals surface area contributed by atoms with Crippen LogP contribution in [0.5, 0.6) is 0 Å². The van der Waals surface area contributed by atoms with E-state index in [-0.39, 0.29) is 16.8 Å². The topological polar surface area (TPSA) is 26.3 Å². The zero-order valence-corrected chi connectivity index (χ0v) is 8.75. The Morgan fingerprint density at radius 3 is 2.86 bits per heavy atom. The van der Waals surface area contributed by atoms with Gasteiger partial charge in [0, 0.05) is 5.41 Å². The molecule has 3 rings (SSSR count). The molecule has 0 spiro atoms. The first-order chi connectivity index (χ1) is 6.65. The van der Waals surface area contributed by atoms with Gasteiger partial charge in [0.1, 0.15) is 0 Å². The molecule has 0 radical (unpaired) electrons. The van der Waals surface area contributed by atoms with E-state index < -0.39 is 0 Å². The number of fused-ring (bicyclic) bond motifs is 5. The number of carbonyl (C=O) groups excluding carboxylic acids is 1. The summed E-state index contributed by atoms with van der Waals surface area (Å²) in [6.07, 6.45) is 6.62. The number of ether oxygens (including phenoxy) is 1. The molecule has 0 N–H and O–H groups in total. The molecule has 1 saturated carbocycles. The third-order valence-corrected chi connectivity index (χ3v) is 4.98. The largest absolute Gasteiger partial charge is 0.465 e. The summed E-state index contributed by atoms with van der Waals surface area (Å²) in [5.74, 6) is 1.07. The maximum atomic E-state index is 11.9. The molecule has 76 valence electrons. The molecule has 0 amide bonds. The number of esters is 1. The van der Waals surface area contributed by atoms with E-state index in [9.17, 15) is 4.79 Å².